The molecule has 1 aromatic heterocycles. The molecule has 2 heterocycles. The molecule has 0 radical (unpaired) electrons. The molecule has 0 aliphatic carbocycles. The highest BCUT2D eigenvalue weighted by molar-refractivity contribution is 5.60. The van der Waals surface area contributed by atoms with Crippen LogP contribution in [0.3, 0.4) is 0 Å². The molecule has 3 rings (SSSR count). The quantitative estimate of drug-likeness (QED) is 0.626. The Hall–Kier alpha value is -2.90. The summed E-state index contributed by atoms with van der Waals surface area (Å²) in [5.41, 5.74) is 0.910. The summed E-state index contributed by atoms with van der Waals surface area (Å²) in [5.74, 6) is 1.98. The van der Waals surface area contributed by atoms with Crippen LogP contribution in [0.4, 0.5) is 17.2 Å². The molecule has 0 atom stereocenters. The van der Waals surface area contributed by atoms with E-state index in [-0.39, 0.29) is 11.4 Å². The summed E-state index contributed by atoms with van der Waals surface area (Å²) in [6.45, 7) is 5.16. The average Bonchev–Trinajstić information content (AvgIpc) is 2.61. The number of piperazine rings is 1. The molecular formula is C16H19N5O3. The van der Waals surface area contributed by atoms with Gasteiger partial charge < -0.3 is 14.5 Å². The van der Waals surface area contributed by atoms with E-state index in [4.69, 9.17) is 4.74 Å². The smallest absolute Gasteiger partial charge is 0.311 e. The van der Waals surface area contributed by atoms with Crippen LogP contribution in [-0.2, 0) is 0 Å². The van der Waals surface area contributed by atoms with Crippen LogP contribution in [0.15, 0.2) is 30.5 Å². The van der Waals surface area contributed by atoms with Gasteiger partial charge in [-0.1, -0.05) is 0 Å². The van der Waals surface area contributed by atoms with Gasteiger partial charge in [-0.25, -0.2) is 9.97 Å². The number of aryl methyl sites for hydroxylation is 1. The second-order valence-corrected chi connectivity index (χ2v) is 5.55. The van der Waals surface area contributed by atoms with Gasteiger partial charge in [-0.2, -0.15) is 0 Å². The minimum absolute atomic E-state index is 0.0173. The molecule has 24 heavy (non-hydrogen) atoms. The Morgan fingerprint density at radius 3 is 2.50 bits per heavy atom. The van der Waals surface area contributed by atoms with Crippen LogP contribution < -0.4 is 14.5 Å². The standard InChI is InChI=1S/C16H19N5O3/c1-12-17-6-5-16(18-12)20-9-7-19(8-10-20)13-3-4-14(21(22)23)15(11-13)24-2/h3-6,11H,7-10H2,1-2H3. The third kappa shape index (κ3) is 3.22. The third-order valence-corrected chi connectivity index (χ3v) is 4.09. The third-order valence-electron chi connectivity index (χ3n) is 4.09. The van der Waals surface area contributed by atoms with Crippen molar-refractivity contribution in [2.75, 3.05) is 43.1 Å². The van der Waals surface area contributed by atoms with Gasteiger partial charge in [0.05, 0.1) is 12.0 Å². The summed E-state index contributed by atoms with van der Waals surface area (Å²) in [7, 11) is 1.45. The largest absolute Gasteiger partial charge is 0.490 e. The fourth-order valence-electron chi connectivity index (χ4n) is 2.83. The van der Waals surface area contributed by atoms with E-state index in [0.717, 1.165) is 43.5 Å². The topological polar surface area (TPSA) is 84.6 Å². The van der Waals surface area contributed by atoms with E-state index in [2.05, 4.69) is 19.8 Å². The Labute approximate surface area is 139 Å². The molecule has 0 saturated carbocycles. The van der Waals surface area contributed by atoms with Crippen LogP contribution in [0.1, 0.15) is 5.82 Å². The molecule has 1 saturated heterocycles. The second-order valence-electron chi connectivity index (χ2n) is 5.55. The number of ether oxygens (including phenoxy) is 1. The first-order chi connectivity index (χ1) is 11.6. The number of rotatable bonds is 4. The average molecular weight is 329 g/mol. The van der Waals surface area contributed by atoms with Gasteiger partial charge in [0.1, 0.15) is 11.6 Å². The number of nitro benzene ring substituents is 1. The van der Waals surface area contributed by atoms with Gasteiger partial charge in [-0.3, -0.25) is 10.1 Å². The summed E-state index contributed by atoms with van der Waals surface area (Å²) < 4.78 is 5.15. The van der Waals surface area contributed by atoms with Crippen LogP contribution in [-0.4, -0.2) is 48.2 Å². The fraction of sp³-hybridized carbons (Fsp3) is 0.375. The molecule has 0 spiro atoms. The lowest BCUT2D eigenvalue weighted by atomic mass is 10.2. The second kappa shape index (κ2) is 6.69. The van der Waals surface area contributed by atoms with E-state index >= 15 is 0 Å². The minimum Gasteiger partial charge on any atom is -0.490 e. The number of benzene rings is 1. The monoisotopic (exact) mass is 329 g/mol. The molecule has 1 fully saturated rings. The molecule has 0 amide bonds. The van der Waals surface area contributed by atoms with Gasteiger partial charge in [0.15, 0.2) is 5.75 Å². The Morgan fingerprint density at radius 1 is 1.17 bits per heavy atom. The highest BCUT2D eigenvalue weighted by Crippen LogP contribution is 2.31. The highest BCUT2D eigenvalue weighted by atomic mass is 16.6. The number of nitrogens with zero attached hydrogens (tertiary/aromatic N) is 5. The predicted molar refractivity (Wildman–Crippen MR) is 90.8 cm³/mol. The van der Waals surface area contributed by atoms with E-state index in [1.807, 2.05) is 13.0 Å². The van der Waals surface area contributed by atoms with Crippen molar-refractivity contribution >= 4 is 17.2 Å². The van der Waals surface area contributed by atoms with Crippen LogP contribution in [0, 0.1) is 17.0 Å². The van der Waals surface area contributed by atoms with Crippen LogP contribution in [0.2, 0.25) is 0 Å². The molecule has 0 N–H and O–H groups in total. The summed E-state index contributed by atoms with van der Waals surface area (Å²) in [6, 6.07) is 6.90. The van der Waals surface area contributed by atoms with Gasteiger partial charge in [-0.15, -0.1) is 0 Å². The van der Waals surface area contributed by atoms with Gasteiger partial charge >= 0.3 is 5.69 Å². The highest BCUT2D eigenvalue weighted by Gasteiger charge is 2.21. The maximum atomic E-state index is 11.0. The zero-order valence-electron chi connectivity index (χ0n) is 13.7. The Kier molecular flexibility index (Phi) is 4.45. The maximum absolute atomic E-state index is 11.0. The van der Waals surface area contributed by atoms with Crippen molar-refractivity contribution in [1.82, 2.24) is 9.97 Å². The molecule has 0 unspecified atom stereocenters. The van der Waals surface area contributed by atoms with Crippen LogP contribution >= 0.6 is 0 Å². The van der Waals surface area contributed by atoms with Crippen molar-refractivity contribution < 1.29 is 9.66 Å². The number of aromatic nitrogens is 2. The number of methoxy groups -OCH3 is 1. The maximum Gasteiger partial charge on any atom is 0.311 e. The first-order valence-electron chi connectivity index (χ1n) is 7.70. The number of hydrogen-bond donors (Lipinski definition) is 0. The Bertz CT molecular complexity index is 744. The normalized spacial score (nSPS) is 14.6. The summed E-state index contributed by atoms with van der Waals surface area (Å²) in [4.78, 5) is 23.5. The molecular weight excluding hydrogens is 310 g/mol. The molecule has 2 aromatic rings. The fourth-order valence-corrected chi connectivity index (χ4v) is 2.83. The van der Waals surface area contributed by atoms with Crippen molar-refractivity contribution in [1.29, 1.82) is 0 Å². The molecule has 126 valence electrons. The van der Waals surface area contributed by atoms with Crippen molar-refractivity contribution in [2.45, 2.75) is 6.92 Å². The van der Waals surface area contributed by atoms with Gasteiger partial charge in [0.25, 0.3) is 0 Å². The summed E-state index contributed by atoms with van der Waals surface area (Å²) >= 11 is 0. The SMILES string of the molecule is COc1cc(N2CCN(c3ccnc(C)n3)CC2)ccc1[N+](=O)[O-]. The van der Waals surface area contributed by atoms with Crippen molar-refractivity contribution in [2.24, 2.45) is 0 Å². The van der Waals surface area contributed by atoms with Crippen LogP contribution in [0.5, 0.6) is 5.75 Å². The predicted octanol–water partition coefficient (Wildman–Crippen LogP) is 2.03. The van der Waals surface area contributed by atoms with Crippen LogP contribution in [0.25, 0.3) is 0 Å². The lowest BCUT2D eigenvalue weighted by Crippen LogP contribution is -2.46. The summed E-state index contributed by atoms with van der Waals surface area (Å²) in [6.07, 6.45) is 1.77. The van der Waals surface area contributed by atoms with E-state index < -0.39 is 4.92 Å². The zero-order chi connectivity index (χ0) is 17.1. The molecule has 8 nitrogen and oxygen atoms in total. The Morgan fingerprint density at radius 2 is 1.88 bits per heavy atom. The molecule has 1 aliphatic rings. The lowest BCUT2D eigenvalue weighted by molar-refractivity contribution is -0.385. The number of nitro groups is 1. The van der Waals surface area contributed by atoms with E-state index in [1.54, 1.807) is 18.3 Å². The van der Waals surface area contributed by atoms with E-state index in [0.29, 0.717) is 0 Å². The van der Waals surface area contributed by atoms with Gasteiger partial charge in [0, 0.05) is 50.2 Å². The van der Waals surface area contributed by atoms with E-state index in [9.17, 15) is 10.1 Å². The van der Waals surface area contributed by atoms with E-state index in [1.165, 1.54) is 13.2 Å². The molecule has 1 aromatic carbocycles. The van der Waals surface area contributed by atoms with Crippen molar-refractivity contribution in [3.8, 4) is 5.75 Å². The summed E-state index contributed by atoms with van der Waals surface area (Å²) in [5, 5.41) is 11.0. The minimum atomic E-state index is -0.433. The number of hydrogen-bond acceptors (Lipinski definition) is 7. The zero-order valence-corrected chi connectivity index (χ0v) is 13.7. The molecule has 1 aliphatic heterocycles. The molecule has 0 bridgehead atoms. The first kappa shape index (κ1) is 16.0. The van der Waals surface area contributed by atoms with Gasteiger partial charge in [-0.05, 0) is 19.1 Å². The Balaban J connectivity index is 1.71. The first-order valence-corrected chi connectivity index (χ1v) is 7.70. The van der Waals surface area contributed by atoms with Crippen molar-refractivity contribution in [3.05, 3.63) is 46.4 Å². The lowest BCUT2D eigenvalue weighted by Gasteiger charge is -2.36. The number of anilines is 2. The molecule has 8 heteroatoms. The van der Waals surface area contributed by atoms with Crippen molar-refractivity contribution in [3.63, 3.8) is 0 Å². The van der Waals surface area contributed by atoms with Gasteiger partial charge in [0.2, 0.25) is 0 Å².